The predicted octanol–water partition coefficient (Wildman–Crippen LogP) is 4.62. The van der Waals surface area contributed by atoms with Gasteiger partial charge in [-0.1, -0.05) is 12.1 Å². The highest BCUT2D eigenvalue weighted by atomic mass is 32.1. The largest absolute Gasteiger partial charge is 0.465 e. The Balaban J connectivity index is 1.41. The van der Waals surface area contributed by atoms with Gasteiger partial charge in [-0.2, -0.15) is 5.10 Å². The Labute approximate surface area is 185 Å². The molecule has 0 aliphatic heterocycles. The number of esters is 1. The number of nitro benzene ring substituents is 1. The van der Waals surface area contributed by atoms with Crippen LogP contribution in [0.25, 0.3) is 21.4 Å². The van der Waals surface area contributed by atoms with Crippen molar-refractivity contribution in [2.24, 2.45) is 5.10 Å². The number of ether oxygens (including phenoxy) is 1. The lowest BCUT2D eigenvalue weighted by molar-refractivity contribution is -0.384. The molecule has 0 saturated heterocycles. The number of carbonyl (C=O) groups is 2. The van der Waals surface area contributed by atoms with Crippen molar-refractivity contribution < 1.29 is 23.7 Å². The molecular weight excluding hydrogens is 434 g/mol. The van der Waals surface area contributed by atoms with E-state index in [4.69, 9.17) is 4.42 Å². The summed E-state index contributed by atoms with van der Waals surface area (Å²) >= 11 is 1.21. The highest BCUT2D eigenvalue weighted by molar-refractivity contribution is 7.20. The van der Waals surface area contributed by atoms with E-state index in [9.17, 15) is 19.7 Å². The number of methoxy groups -OCH3 is 1. The van der Waals surface area contributed by atoms with Crippen LogP contribution >= 0.6 is 11.3 Å². The molecule has 0 unspecified atom stereocenters. The summed E-state index contributed by atoms with van der Waals surface area (Å²) in [6, 6.07) is 16.2. The lowest BCUT2D eigenvalue weighted by Gasteiger charge is -2.00. The number of carbonyl (C=O) groups excluding carboxylic acids is 2. The van der Waals surface area contributed by atoms with Crippen LogP contribution in [0.3, 0.4) is 0 Å². The fourth-order valence-electron chi connectivity index (χ4n) is 2.93. The Bertz CT molecular complexity index is 1350. The summed E-state index contributed by atoms with van der Waals surface area (Å²) < 4.78 is 11.1. The summed E-state index contributed by atoms with van der Waals surface area (Å²) in [5.41, 5.74) is 3.58. The molecule has 0 fully saturated rings. The zero-order valence-corrected chi connectivity index (χ0v) is 17.4. The quantitative estimate of drug-likeness (QED) is 0.198. The molecule has 1 N–H and O–H groups in total. The molecule has 0 bridgehead atoms. The molecule has 0 aliphatic carbocycles. The minimum absolute atomic E-state index is 0.0335. The number of benzene rings is 2. The maximum atomic E-state index is 12.3. The van der Waals surface area contributed by atoms with Crippen molar-refractivity contribution >= 4 is 45.2 Å². The molecule has 160 valence electrons. The van der Waals surface area contributed by atoms with E-state index in [2.05, 4.69) is 15.3 Å². The van der Waals surface area contributed by atoms with Gasteiger partial charge in [0.2, 0.25) is 0 Å². The summed E-state index contributed by atoms with van der Waals surface area (Å²) in [5.74, 6) is 0.135. The highest BCUT2D eigenvalue weighted by Crippen LogP contribution is 2.29. The Hall–Kier alpha value is -4.31. The molecule has 2 heterocycles. The molecule has 0 radical (unpaired) electrons. The lowest BCUT2D eigenvalue weighted by Crippen LogP contribution is -2.15. The number of nitro groups is 1. The van der Waals surface area contributed by atoms with E-state index in [0.717, 1.165) is 10.3 Å². The van der Waals surface area contributed by atoms with Gasteiger partial charge in [-0.05, 0) is 36.4 Å². The van der Waals surface area contributed by atoms with Crippen molar-refractivity contribution in [3.8, 4) is 11.3 Å². The monoisotopic (exact) mass is 449 g/mol. The number of nitrogens with zero attached hydrogens (tertiary/aromatic N) is 2. The Morgan fingerprint density at radius 3 is 2.62 bits per heavy atom. The second kappa shape index (κ2) is 8.82. The number of non-ortho nitro benzene ring substituents is 1. The van der Waals surface area contributed by atoms with Gasteiger partial charge in [0.05, 0.1) is 28.7 Å². The van der Waals surface area contributed by atoms with Crippen LogP contribution in [0.15, 0.2) is 70.2 Å². The number of amides is 1. The van der Waals surface area contributed by atoms with Crippen LogP contribution < -0.4 is 5.43 Å². The van der Waals surface area contributed by atoms with Gasteiger partial charge < -0.3 is 9.15 Å². The molecule has 2 aromatic heterocycles. The third kappa shape index (κ3) is 4.40. The van der Waals surface area contributed by atoms with Crippen LogP contribution in [0.2, 0.25) is 0 Å². The molecule has 9 nitrogen and oxygen atoms in total. The van der Waals surface area contributed by atoms with E-state index in [1.165, 1.54) is 36.8 Å². The van der Waals surface area contributed by atoms with Crippen molar-refractivity contribution in [1.29, 1.82) is 0 Å². The third-order valence-corrected chi connectivity index (χ3v) is 5.62. The fraction of sp³-hybridized carbons (Fsp3) is 0.0455. The average Bonchev–Trinajstić information content (AvgIpc) is 3.45. The van der Waals surface area contributed by atoms with Crippen molar-refractivity contribution in [3.05, 3.63) is 87.0 Å². The van der Waals surface area contributed by atoms with E-state index in [0.29, 0.717) is 27.3 Å². The standard InChI is InChI=1S/C22H15N3O6S/c1-30-22(27)14-4-2-13(3-5-14)18-8-7-17(31-18)12-23-24-21(26)20-11-15-10-16(25(28)29)6-9-19(15)32-20/h2-12H,1H3,(H,24,26). The third-order valence-electron chi connectivity index (χ3n) is 4.51. The Morgan fingerprint density at radius 1 is 1.12 bits per heavy atom. The molecule has 32 heavy (non-hydrogen) atoms. The van der Waals surface area contributed by atoms with Crippen LogP contribution in [0, 0.1) is 10.1 Å². The number of hydrogen-bond acceptors (Lipinski definition) is 8. The van der Waals surface area contributed by atoms with Gasteiger partial charge in [0.1, 0.15) is 11.5 Å². The molecule has 1 amide bonds. The van der Waals surface area contributed by atoms with Gasteiger partial charge >= 0.3 is 5.97 Å². The number of thiophene rings is 1. The van der Waals surface area contributed by atoms with Crippen molar-refractivity contribution in [3.63, 3.8) is 0 Å². The first-order valence-corrected chi connectivity index (χ1v) is 10.1. The first kappa shape index (κ1) is 20.9. The highest BCUT2D eigenvalue weighted by Gasteiger charge is 2.13. The summed E-state index contributed by atoms with van der Waals surface area (Å²) in [4.78, 5) is 34.6. The lowest BCUT2D eigenvalue weighted by atomic mass is 10.1. The van der Waals surface area contributed by atoms with E-state index < -0.39 is 16.8 Å². The minimum atomic E-state index is -0.480. The predicted molar refractivity (Wildman–Crippen MR) is 119 cm³/mol. The zero-order valence-electron chi connectivity index (χ0n) is 16.6. The molecule has 4 rings (SSSR count). The summed E-state index contributed by atoms with van der Waals surface area (Å²) in [6.45, 7) is 0. The maximum Gasteiger partial charge on any atom is 0.337 e. The molecule has 0 saturated carbocycles. The molecule has 0 spiro atoms. The summed E-state index contributed by atoms with van der Waals surface area (Å²) in [6.07, 6.45) is 1.36. The maximum absolute atomic E-state index is 12.3. The van der Waals surface area contributed by atoms with E-state index in [-0.39, 0.29) is 5.69 Å². The zero-order chi connectivity index (χ0) is 22.7. The summed E-state index contributed by atoms with van der Waals surface area (Å²) in [5, 5.41) is 15.4. The van der Waals surface area contributed by atoms with Gasteiger partial charge in [-0.15, -0.1) is 11.3 Å². The Morgan fingerprint density at radius 2 is 1.91 bits per heavy atom. The smallest absolute Gasteiger partial charge is 0.337 e. The summed E-state index contributed by atoms with van der Waals surface area (Å²) in [7, 11) is 1.32. The van der Waals surface area contributed by atoms with Crippen LogP contribution in [0.4, 0.5) is 5.69 Å². The number of rotatable bonds is 6. The van der Waals surface area contributed by atoms with Crippen LogP contribution in [-0.4, -0.2) is 30.1 Å². The van der Waals surface area contributed by atoms with Crippen LogP contribution in [0.5, 0.6) is 0 Å². The van der Waals surface area contributed by atoms with Gasteiger partial charge in [0.25, 0.3) is 11.6 Å². The van der Waals surface area contributed by atoms with E-state index >= 15 is 0 Å². The molecule has 0 atom stereocenters. The molecule has 4 aromatic rings. The van der Waals surface area contributed by atoms with E-state index in [1.807, 2.05) is 0 Å². The fourth-order valence-corrected chi connectivity index (χ4v) is 3.86. The molecular formula is C22H15N3O6S. The topological polar surface area (TPSA) is 124 Å². The van der Waals surface area contributed by atoms with Gasteiger partial charge in [0.15, 0.2) is 0 Å². The van der Waals surface area contributed by atoms with Crippen molar-refractivity contribution in [2.75, 3.05) is 7.11 Å². The van der Waals surface area contributed by atoms with Gasteiger partial charge in [-0.25, -0.2) is 10.2 Å². The average molecular weight is 449 g/mol. The van der Waals surface area contributed by atoms with E-state index in [1.54, 1.807) is 48.5 Å². The Kier molecular flexibility index (Phi) is 5.77. The van der Waals surface area contributed by atoms with Crippen LogP contribution in [0.1, 0.15) is 25.8 Å². The number of fused-ring (bicyclic) bond motifs is 1. The van der Waals surface area contributed by atoms with Gasteiger partial charge in [0, 0.05) is 27.8 Å². The van der Waals surface area contributed by atoms with Crippen molar-refractivity contribution in [2.45, 2.75) is 0 Å². The second-order valence-corrected chi connectivity index (χ2v) is 7.64. The normalized spacial score (nSPS) is 11.0. The van der Waals surface area contributed by atoms with Crippen LogP contribution in [-0.2, 0) is 4.74 Å². The number of hydrogen-bond donors (Lipinski definition) is 1. The first-order valence-electron chi connectivity index (χ1n) is 9.24. The SMILES string of the molecule is COC(=O)c1ccc(-c2ccc(C=NNC(=O)c3cc4cc([N+](=O)[O-])ccc4s3)o2)cc1. The van der Waals surface area contributed by atoms with Gasteiger partial charge in [-0.3, -0.25) is 14.9 Å². The molecule has 2 aromatic carbocycles. The second-order valence-electron chi connectivity index (χ2n) is 6.56. The number of furan rings is 1. The first-order chi connectivity index (χ1) is 15.4. The molecule has 0 aliphatic rings. The number of nitrogens with one attached hydrogen (secondary N) is 1. The minimum Gasteiger partial charge on any atom is -0.465 e. The van der Waals surface area contributed by atoms with Crippen molar-refractivity contribution in [1.82, 2.24) is 5.43 Å². The molecule has 10 heteroatoms. The number of hydrazone groups is 1.